The molecular weight excluding hydrogens is 1110 g/mol. The summed E-state index contributed by atoms with van der Waals surface area (Å²) < 4.78 is 344. The van der Waals surface area contributed by atoms with Gasteiger partial charge in [0, 0.05) is 0 Å². The van der Waals surface area contributed by atoms with Gasteiger partial charge in [-0.05, 0) is 49.2 Å². The molecule has 0 bridgehead atoms. The Hall–Kier alpha value is -4.79. The van der Waals surface area contributed by atoms with Crippen molar-refractivity contribution >= 4 is 28.0 Å². The molecule has 0 heterocycles. The van der Waals surface area contributed by atoms with Gasteiger partial charge in [-0.15, -0.1) is 0 Å². The normalized spacial score (nSPS) is 13.6. The number of hydrogen-bond acceptors (Lipinski definition) is 0. The summed E-state index contributed by atoms with van der Waals surface area (Å²) in [4.78, 5) is 0. The summed E-state index contributed by atoms with van der Waals surface area (Å²) >= 11 is 0.314. The number of unbranched alkanes of at least 4 members (excludes halogenated alkanes) is 2. The van der Waals surface area contributed by atoms with Gasteiger partial charge in [0.25, 0.3) is 0 Å². The highest BCUT2D eigenvalue weighted by Gasteiger charge is 2.47. The zero-order chi connectivity index (χ0) is 52.6. The predicted molar refractivity (Wildman–Crippen MR) is 200 cm³/mol. The lowest BCUT2D eigenvalue weighted by molar-refractivity contribution is -0.627. The molecule has 5 aromatic rings. The first-order chi connectivity index (χ1) is 31.2. The maximum absolute atomic E-state index is 14.2. The maximum Gasteiger partial charge on any atom is 0.416 e. The molecule has 378 valence electrons. The van der Waals surface area contributed by atoms with Crippen molar-refractivity contribution in [3.8, 4) is 0 Å². The topological polar surface area (TPSA) is 0 Å². The van der Waals surface area contributed by atoms with Crippen LogP contribution in [0.4, 0.5) is 105 Å². The number of rotatable bonds is 9. The Morgan fingerprint density at radius 2 is 0.536 bits per heavy atom. The molecule has 69 heavy (non-hydrogen) atoms. The molecule has 0 aliphatic rings. The molecule has 0 radical (unpaired) electrons. The molecule has 0 aliphatic heterocycles. The van der Waals surface area contributed by atoms with Gasteiger partial charge in [-0.25, -0.2) is 0 Å². The first kappa shape index (κ1) is 56.8. The highest BCUT2D eigenvalue weighted by atomic mass is 127. The second-order valence-electron chi connectivity index (χ2n) is 15.0. The molecule has 0 atom stereocenters. The minimum absolute atomic E-state index is 0.314. The quantitative estimate of drug-likeness (QED) is 0.0454. The molecule has 5 aromatic carbocycles. The van der Waals surface area contributed by atoms with Gasteiger partial charge in [-0.2, -0.15) is 127 Å². The lowest BCUT2D eigenvalue weighted by atomic mass is 9.12. The third-order valence-electron chi connectivity index (χ3n) is 10.2. The van der Waals surface area contributed by atoms with Gasteiger partial charge in [0.1, 0.15) is 10.6 Å². The summed E-state index contributed by atoms with van der Waals surface area (Å²) in [6, 6.07) is 2.11. The monoisotopic (exact) mass is 1140 g/mol. The van der Waals surface area contributed by atoms with E-state index < -0.39 is 195 Å². The van der Waals surface area contributed by atoms with E-state index in [-0.39, 0.29) is 0 Å². The van der Waals surface area contributed by atoms with Crippen LogP contribution in [0.1, 0.15) is 70.7 Å². The third kappa shape index (κ3) is 14.2. The predicted octanol–water partition coefficient (Wildman–Crippen LogP) is 11.3. The van der Waals surface area contributed by atoms with Gasteiger partial charge < -0.3 is 0 Å². The molecule has 0 N–H and O–H groups in total. The number of alkyl halides is 25. The van der Waals surface area contributed by atoms with Gasteiger partial charge in [0.2, 0.25) is 0 Å². The highest BCUT2D eigenvalue weighted by molar-refractivity contribution is 7.20. The lowest BCUT2D eigenvalue weighted by Crippen LogP contribution is -3.62. The summed E-state index contributed by atoms with van der Waals surface area (Å²) in [6.45, 7) is 2.26. The molecule has 5 rings (SSSR count). The van der Waals surface area contributed by atoms with Crippen LogP contribution in [-0.2, 0) is 49.4 Å². The summed E-state index contributed by atoms with van der Waals surface area (Å²) in [5, 5.41) is 0. The van der Waals surface area contributed by atoms with Crippen molar-refractivity contribution in [3.05, 3.63) is 151 Å². The fourth-order valence-corrected chi connectivity index (χ4v) is 9.56. The van der Waals surface area contributed by atoms with E-state index in [1.165, 1.54) is 23.7 Å². The minimum Gasteiger partial charge on any atom is -0.194 e. The van der Waals surface area contributed by atoms with E-state index in [4.69, 9.17) is 0 Å². The zero-order valence-electron chi connectivity index (χ0n) is 34.2. The summed E-state index contributed by atoms with van der Waals surface area (Å²) in [5.41, 5.74) is -30.2. The van der Waals surface area contributed by atoms with Crippen LogP contribution in [-0.4, -0.2) is 10.6 Å². The van der Waals surface area contributed by atoms with Gasteiger partial charge in [-0.3, -0.25) is 0 Å². The second kappa shape index (κ2) is 20.1. The second-order valence-corrected chi connectivity index (χ2v) is 18.1. The van der Waals surface area contributed by atoms with Crippen molar-refractivity contribution in [2.45, 2.75) is 75.6 Å². The molecule has 0 amide bonds. The molecule has 26 heteroatoms. The zero-order valence-corrected chi connectivity index (χ0v) is 36.3. The average Bonchev–Trinajstić information content (AvgIpc) is 3.20. The van der Waals surface area contributed by atoms with Crippen molar-refractivity contribution in [3.63, 3.8) is 0 Å². The van der Waals surface area contributed by atoms with Crippen molar-refractivity contribution in [2.75, 3.05) is 4.43 Å². The van der Waals surface area contributed by atoms with Crippen LogP contribution < -0.4 is 43.1 Å². The first-order valence-electron chi connectivity index (χ1n) is 19.2. The highest BCUT2D eigenvalue weighted by Crippen LogP contribution is 2.41. The smallest absolute Gasteiger partial charge is 0.194 e. The Bertz CT molecular complexity index is 2100. The fourth-order valence-electron chi connectivity index (χ4n) is 7.09. The summed E-state index contributed by atoms with van der Waals surface area (Å²) in [7, 11) is 0. The molecular formula is C43H28BF24I. The van der Waals surface area contributed by atoms with Crippen molar-refractivity contribution in [1.29, 1.82) is 0 Å². The Balaban J connectivity index is 0.000000750. The molecule has 0 unspecified atom stereocenters. The molecule has 0 saturated carbocycles. The van der Waals surface area contributed by atoms with E-state index in [1.807, 2.05) is 0 Å². The first-order valence-corrected chi connectivity index (χ1v) is 21.8. The molecule has 0 fully saturated rings. The van der Waals surface area contributed by atoms with Crippen LogP contribution in [0.3, 0.4) is 0 Å². The Morgan fingerprint density at radius 3 is 0.725 bits per heavy atom. The van der Waals surface area contributed by atoms with Crippen LogP contribution >= 0.6 is 0 Å². The molecule has 0 spiro atoms. The van der Waals surface area contributed by atoms with Gasteiger partial charge >= 0.3 is 70.6 Å². The van der Waals surface area contributed by atoms with E-state index in [0.717, 1.165) is 0 Å². The standard InChI is InChI=1S/C32H12BF24.C11H16I/c34-25(35,36)13-1-14(26(37,38)39)6-21(5-13)33(22-7-15(27(40,41)42)2-16(8-22)28(43,44)45,23-9-17(29(46,47)48)3-18(10-23)30(49,50)51)24-11-19(31(52,53)54)4-20(12-24)32(55,56)57;1-2-3-7-10-12-11-8-5-4-6-9-11/h1-12H;4-6,8-9H,2-3,7,10H2,1H3/q-1;+1. The lowest BCUT2D eigenvalue weighted by Gasteiger charge is -2.46. The number of hydrogen-bond donors (Lipinski definition) is 0. The van der Waals surface area contributed by atoms with Crippen LogP contribution in [0.15, 0.2) is 103 Å². The van der Waals surface area contributed by atoms with Crippen LogP contribution in [0.25, 0.3) is 0 Å². The minimum atomic E-state index is -6.13. The Labute approximate surface area is 384 Å². The van der Waals surface area contributed by atoms with Gasteiger partial charge in [0.05, 0.1) is 44.5 Å². The number of benzene rings is 5. The number of halogens is 25. The van der Waals surface area contributed by atoms with Crippen LogP contribution in [0.5, 0.6) is 0 Å². The van der Waals surface area contributed by atoms with E-state index in [1.54, 1.807) is 3.57 Å². The van der Waals surface area contributed by atoms with E-state index >= 15 is 0 Å². The average molecular weight is 1140 g/mol. The molecule has 0 aromatic heterocycles. The van der Waals surface area contributed by atoms with Crippen molar-refractivity contribution in [1.82, 2.24) is 0 Å². The maximum atomic E-state index is 14.2. The van der Waals surface area contributed by atoms with Gasteiger partial charge in [-0.1, -0.05) is 80.1 Å². The van der Waals surface area contributed by atoms with Crippen LogP contribution in [0.2, 0.25) is 0 Å². The molecule has 0 saturated heterocycles. The molecule has 0 aliphatic carbocycles. The van der Waals surface area contributed by atoms with Crippen LogP contribution in [0, 0.1) is 3.57 Å². The summed E-state index contributed by atoms with van der Waals surface area (Å²) in [5.74, 6) is 0. The van der Waals surface area contributed by atoms with Gasteiger partial charge in [0.15, 0.2) is 3.57 Å². The largest absolute Gasteiger partial charge is 0.416 e. The Kier molecular flexibility index (Phi) is 16.6. The van der Waals surface area contributed by atoms with Crippen molar-refractivity contribution in [2.24, 2.45) is 0 Å². The van der Waals surface area contributed by atoms with Crippen molar-refractivity contribution < 1.29 is 127 Å². The third-order valence-corrected chi connectivity index (χ3v) is 13.1. The van der Waals surface area contributed by atoms with E-state index in [2.05, 4.69) is 37.3 Å². The molecule has 0 nitrogen and oxygen atoms in total. The summed E-state index contributed by atoms with van der Waals surface area (Å²) in [6.07, 6.45) is -50.6. The van der Waals surface area contributed by atoms with E-state index in [0.29, 0.717) is 21.2 Å². The fraction of sp³-hybridized carbons (Fsp3) is 0.302. The Morgan fingerprint density at radius 1 is 0.319 bits per heavy atom. The SMILES string of the molecule is CCCCC[I+]c1ccccc1.FC(F)(F)c1cc([B-](c2cc(C(F)(F)F)cc(C(F)(F)F)c2)(c2cc(C(F)(F)F)cc(C(F)(F)F)c2)c2cc(C(F)(F)F)cc(C(F)(F)F)c2)cc(C(F)(F)F)c1. The van der Waals surface area contributed by atoms with E-state index in [9.17, 15) is 105 Å².